The maximum Gasteiger partial charge on any atom is 0.204 e. The van der Waals surface area contributed by atoms with Crippen LogP contribution in [-0.4, -0.2) is 68.2 Å². The lowest BCUT2D eigenvalue weighted by atomic mass is 10.0. The van der Waals surface area contributed by atoms with E-state index < -0.39 is 18.8 Å². The molecule has 172 valence electrons. The average Bonchev–Trinajstić information content (AvgIpc) is 2.80. The van der Waals surface area contributed by atoms with E-state index in [1.165, 1.54) is 40.6 Å². The zero-order valence-corrected chi connectivity index (χ0v) is 18.1. The number of hydrogen-bond acceptors (Lipinski definition) is 9. The third-order valence-corrected chi connectivity index (χ3v) is 4.79. The van der Waals surface area contributed by atoms with Gasteiger partial charge in [0.2, 0.25) is 11.5 Å². The first-order chi connectivity index (χ1) is 14.9. The molecular weight excluding hydrogens is 408 g/mol. The van der Waals surface area contributed by atoms with Crippen LogP contribution in [0.5, 0.6) is 34.5 Å². The van der Waals surface area contributed by atoms with Crippen LogP contribution in [-0.2, 0) is 6.42 Å². The summed E-state index contributed by atoms with van der Waals surface area (Å²) in [5.41, 5.74) is 1.19. The number of hydrogen-bond donors (Lipinski definition) is 4. The molecule has 2 rings (SSSR count). The normalized spacial score (nSPS) is 12.7. The number of benzene rings is 2. The van der Waals surface area contributed by atoms with Crippen molar-refractivity contribution >= 4 is 0 Å². The Morgan fingerprint density at radius 1 is 0.806 bits per heavy atom. The Hall–Kier alpha value is -2.88. The Kier molecular flexibility index (Phi) is 9.04. The molecule has 2 aromatic rings. The first kappa shape index (κ1) is 24.4. The highest BCUT2D eigenvalue weighted by atomic mass is 16.6. The fourth-order valence-corrected chi connectivity index (χ4v) is 3.13. The van der Waals surface area contributed by atoms with Crippen LogP contribution in [0.25, 0.3) is 0 Å². The van der Waals surface area contributed by atoms with Crippen LogP contribution in [0.3, 0.4) is 0 Å². The molecule has 2 atom stereocenters. The van der Waals surface area contributed by atoms with E-state index in [1.807, 2.05) is 0 Å². The number of aliphatic hydroxyl groups excluding tert-OH is 3. The summed E-state index contributed by atoms with van der Waals surface area (Å²) in [5.74, 6) is 0.942. The molecule has 0 fully saturated rings. The van der Waals surface area contributed by atoms with E-state index in [0.717, 1.165) is 5.56 Å². The van der Waals surface area contributed by atoms with Crippen molar-refractivity contribution in [3.8, 4) is 34.5 Å². The van der Waals surface area contributed by atoms with Crippen molar-refractivity contribution in [2.45, 2.75) is 25.0 Å². The van der Waals surface area contributed by atoms with Crippen LogP contribution < -0.4 is 23.7 Å². The van der Waals surface area contributed by atoms with Gasteiger partial charge in [-0.05, 0) is 48.2 Å². The molecule has 9 nitrogen and oxygen atoms in total. The molecular formula is C22H30O9. The van der Waals surface area contributed by atoms with E-state index in [0.29, 0.717) is 29.9 Å². The number of aromatic hydroxyl groups is 1. The molecule has 0 unspecified atom stereocenters. The Balaban J connectivity index is 2.40. The summed E-state index contributed by atoms with van der Waals surface area (Å²) in [6, 6.07) is 6.36. The Bertz CT molecular complexity index is 803. The van der Waals surface area contributed by atoms with Crippen LogP contribution in [0, 0.1) is 0 Å². The number of ether oxygens (including phenoxy) is 5. The maximum absolute atomic E-state index is 10.9. The van der Waals surface area contributed by atoms with Crippen LogP contribution in [0.4, 0.5) is 0 Å². The summed E-state index contributed by atoms with van der Waals surface area (Å²) in [7, 11) is 5.69. The highest BCUT2D eigenvalue weighted by Crippen LogP contribution is 2.42. The van der Waals surface area contributed by atoms with Gasteiger partial charge in [-0.15, -0.1) is 0 Å². The van der Waals surface area contributed by atoms with Gasteiger partial charge >= 0.3 is 0 Å². The maximum atomic E-state index is 10.9. The highest BCUT2D eigenvalue weighted by molar-refractivity contribution is 5.55. The molecule has 31 heavy (non-hydrogen) atoms. The molecule has 2 aromatic carbocycles. The fourth-order valence-electron chi connectivity index (χ4n) is 3.13. The second-order valence-corrected chi connectivity index (χ2v) is 6.71. The molecule has 0 aliphatic carbocycles. The summed E-state index contributed by atoms with van der Waals surface area (Å²) in [5, 5.41) is 40.0. The van der Waals surface area contributed by atoms with Gasteiger partial charge in [-0.1, -0.05) is 0 Å². The topological polar surface area (TPSA) is 127 Å². The molecule has 0 amide bonds. The lowest BCUT2D eigenvalue weighted by Crippen LogP contribution is -2.29. The minimum Gasteiger partial charge on any atom is -0.502 e. The average molecular weight is 438 g/mol. The number of aliphatic hydroxyl groups is 3. The van der Waals surface area contributed by atoms with Gasteiger partial charge in [-0.3, -0.25) is 0 Å². The third kappa shape index (κ3) is 5.63. The van der Waals surface area contributed by atoms with Crippen molar-refractivity contribution in [3.63, 3.8) is 0 Å². The van der Waals surface area contributed by atoms with Gasteiger partial charge in [-0.25, -0.2) is 0 Å². The van der Waals surface area contributed by atoms with Gasteiger partial charge in [0.05, 0.1) is 35.0 Å². The molecule has 0 aliphatic heterocycles. The van der Waals surface area contributed by atoms with Gasteiger partial charge in [0.25, 0.3) is 0 Å². The smallest absolute Gasteiger partial charge is 0.204 e. The van der Waals surface area contributed by atoms with Crippen molar-refractivity contribution in [1.82, 2.24) is 0 Å². The summed E-state index contributed by atoms with van der Waals surface area (Å²) < 4.78 is 27.0. The SMILES string of the molecule is COc1cc([C@@H](O)[C@@H](CO)Oc2c(OC)cc(CCCO)cc2OC)cc(OC)c1O. The van der Waals surface area contributed by atoms with Crippen molar-refractivity contribution in [1.29, 1.82) is 0 Å². The first-order valence-corrected chi connectivity index (χ1v) is 9.70. The number of methoxy groups -OCH3 is 4. The molecule has 0 radical (unpaired) electrons. The third-order valence-electron chi connectivity index (χ3n) is 4.79. The van der Waals surface area contributed by atoms with Gasteiger partial charge in [0.1, 0.15) is 6.10 Å². The van der Waals surface area contributed by atoms with Gasteiger partial charge in [0.15, 0.2) is 29.1 Å². The Labute approximate surface area is 181 Å². The van der Waals surface area contributed by atoms with Crippen LogP contribution in [0.1, 0.15) is 23.7 Å². The zero-order chi connectivity index (χ0) is 23.0. The molecule has 0 aromatic heterocycles. The molecule has 0 aliphatic rings. The highest BCUT2D eigenvalue weighted by Gasteiger charge is 2.28. The van der Waals surface area contributed by atoms with Gasteiger partial charge in [-0.2, -0.15) is 0 Å². The summed E-state index contributed by atoms with van der Waals surface area (Å²) in [4.78, 5) is 0. The van der Waals surface area contributed by atoms with E-state index in [9.17, 15) is 15.3 Å². The number of phenolic OH excluding ortho intramolecular Hbond substituents is 1. The standard InChI is InChI=1S/C22H30O9/c1-27-15-10-14(11-16(28-2)21(15)26)20(25)19(12-24)31-22-17(29-3)8-13(6-5-7-23)9-18(22)30-4/h8-11,19-20,23-26H,5-7,12H2,1-4H3/t19-,20-/m1/s1. The van der Waals surface area contributed by atoms with Crippen molar-refractivity contribution < 1.29 is 44.1 Å². The molecule has 0 heterocycles. The summed E-state index contributed by atoms with van der Waals surface area (Å²) in [6.45, 7) is -0.466. The molecule has 9 heteroatoms. The van der Waals surface area contributed by atoms with E-state index in [2.05, 4.69) is 0 Å². The van der Waals surface area contributed by atoms with E-state index in [-0.39, 0.29) is 29.6 Å². The fraction of sp³-hybridized carbons (Fsp3) is 0.455. The van der Waals surface area contributed by atoms with Crippen molar-refractivity contribution in [2.24, 2.45) is 0 Å². The minimum absolute atomic E-state index is 0.0568. The van der Waals surface area contributed by atoms with Crippen LogP contribution in [0.2, 0.25) is 0 Å². The lowest BCUT2D eigenvalue weighted by molar-refractivity contribution is -0.00185. The summed E-state index contributed by atoms with van der Waals surface area (Å²) in [6.07, 6.45) is -1.19. The predicted octanol–water partition coefficient (Wildman–Crippen LogP) is 1.82. The zero-order valence-electron chi connectivity index (χ0n) is 18.1. The first-order valence-electron chi connectivity index (χ1n) is 9.70. The van der Waals surface area contributed by atoms with Crippen LogP contribution in [0.15, 0.2) is 24.3 Å². The number of aryl methyl sites for hydroxylation is 1. The van der Waals surface area contributed by atoms with Gasteiger partial charge < -0.3 is 44.1 Å². The lowest BCUT2D eigenvalue weighted by Gasteiger charge is -2.26. The van der Waals surface area contributed by atoms with Crippen molar-refractivity contribution in [3.05, 3.63) is 35.4 Å². The monoisotopic (exact) mass is 438 g/mol. The number of rotatable bonds is 12. The largest absolute Gasteiger partial charge is 0.502 e. The molecule has 0 bridgehead atoms. The van der Waals surface area contributed by atoms with E-state index in [4.69, 9.17) is 28.8 Å². The predicted molar refractivity (Wildman–Crippen MR) is 113 cm³/mol. The number of phenols is 1. The molecule has 4 N–H and O–H groups in total. The van der Waals surface area contributed by atoms with Gasteiger partial charge in [0, 0.05) is 6.61 Å². The van der Waals surface area contributed by atoms with Crippen LogP contribution >= 0.6 is 0 Å². The minimum atomic E-state index is -1.29. The molecule has 0 saturated carbocycles. The van der Waals surface area contributed by atoms with Crippen molar-refractivity contribution in [2.75, 3.05) is 41.7 Å². The van der Waals surface area contributed by atoms with E-state index in [1.54, 1.807) is 12.1 Å². The molecule has 0 spiro atoms. The quantitative estimate of drug-likeness (QED) is 0.392. The second-order valence-electron chi connectivity index (χ2n) is 6.71. The second kappa shape index (κ2) is 11.5. The van der Waals surface area contributed by atoms with E-state index >= 15 is 0 Å². The Morgan fingerprint density at radius 3 is 1.74 bits per heavy atom. The Morgan fingerprint density at radius 2 is 1.32 bits per heavy atom. The molecule has 0 saturated heterocycles. The summed E-state index contributed by atoms with van der Waals surface area (Å²) >= 11 is 0.